The number of carbonyl (C=O) groups is 3. The predicted octanol–water partition coefficient (Wildman–Crippen LogP) is 4.02. The standard InChI is InChI=1S/C28H33N5O9S/c1-29(27(35)41-17-20-2-6-22(7-3-20)32(37)38)12-10-19-11-13-30(15-19)26(34)25-14-24(43)16-31(25)28(36)42-18-21-4-8-23(9-5-21)33(39)40/h2-9,19,24-25,43H,10-18H2,1H3/t19-,24-,25-/m0/s1. The van der Waals surface area contributed by atoms with Gasteiger partial charge in [0.2, 0.25) is 5.91 Å². The van der Waals surface area contributed by atoms with Gasteiger partial charge in [-0.25, -0.2) is 9.59 Å². The lowest BCUT2D eigenvalue weighted by Gasteiger charge is -2.27. The number of hydrogen-bond acceptors (Lipinski definition) is 10. The molecule has 2 saturated heterocycles. The summed E-state index contributed by atoms with van der Waals surface area (Å²) in [5.41, 5.74) is 1.12. The summed E-state index contributed by atoms with van der Waals surface area (Å²) in [5, 5.41) is 21.4. The molecule has 0 bridgehead atoms. The van der Waals surface area contributed by atoms with E-state index >= 15 is 0 Å². The van der Waals surface area contributed by atoms with Gasteiger partial charge in [0.05, 0.1) is 9.85 Å². The van der Waals surface area contributed by atoms with Crippen LogP contribution in [-0.4, -0.2) is 87.2 Å². The Morgan fingerprint density at radius 2 is 1.49 bits per heavy atom. The number of thiol groups is 1. The third kappa shape index (κ3) is 8.34. The minimum atomic E-state index is -0.692. The molecular weight excluding hydrogens is 582 g/mol. The van der Waals surface area contributed by atoms with Crippen LogP contribution in [0.4, 0.5) is 21.0 Å². The Balaban J connectivity index is 1.21. The van der Waals surface area contributed by atoms with Gasteiger partial charge >= 0.3 is 12.2 Å². The van der Waals surface area contributed by atoms with Crippen LogP contribution in [0.5, 0.6) is 0 Å². The average molecular weight is 616 g/mol. The van der Waals surface area contributed by atoms with Crippen molar-refractivity contribution in [2.24, 2.45) is 5.92 Å². The van der Waals surface area contributed by atoms with E-state index in [2.05, 4.69) is 12.6 Å². The van der Waals surface area contributed by atoms with Crippen molar-refractivity contribution in [1.29, 1.82) is 0 Å². The van der Waals surface area contributed by atoms with Gasteiger partial charge in [-0.2, -0.15) is 12.6 Å². The van der Waals surface area contributed by atoms with Crippen LogP contribution in [0.2, 0.25) is 0 Å². The Morgan fingerprint density at radius 1 is 0.930 bits per heavy atom. The average Bonchev–Trinajstić information content (AvgIpc) is 3.64. The van der Waals surface area contributed by atoms with Crippen molar-refractivity contribution < 1.29 is 33.7 Å². The Kier molecular flexibility index (Phi) is 10.4. The number of benzene rings is 2. The van der Waals surface area contributed by atoms with Crippen molar-refractivity contribution in [2.45, 2.75) is 43.8 Å². The van der Waals surface area contributed by atoms with Crippen LogP contribution in [0.3, 0.4) is 0 Å². The summed E-state index contributed by atoms with van der Waals surface area (Å²) in [7, 11) is 1.63. The molecule has 0 radical (unpaired) electrons. The van der Waals surface area contributed by atoms with Crippen LogP contribution in [0.1, 0.15) is 30.4 Å². The summed E-state index contributed by atoms with van der Waals surface area (Å²) >= 11 is 4.50. The Morgan fingerprint density at radius 3 is 2.05 bits per heavy atom. The van der Waals surface area contributed by atoms with E-state index in [-0.39, 0.29) is 48.2 Å². The van der Waals surface area contributed by atoms with Gasteiger partial charge in [0.25, 0.3) is 11.4 Å². The molecule has 2 heterocycles. The summed E-state index contributed by atoms with van der Waals surface area (Å²) in [6.45, 7) is 1.65. The molecule has 2 aliphatic heterocycles. The van der Waals surface area contributed by atoms with Gasteiger partial charge in [0.15, 0.2) is 0 Å². The normalized spacial score (nSPS) is 19.6. The molecule has 4 rings (SSSR count). The number of nitro groups is 2. The Hall–Kier alpha value is -4.40. The second kappa shape index (κ2) is 14.2. The minimum absolute atomic E-state index is 0.00673. The second-order valence-electron chi connectivity index (χ2n) is 10.7. The second-order valence-corrected chi connectivity index (χ2v) is 11.4. The highest BCUT2D eigenvalue weighted by molar-refractivity contribution is 7.81. The van der Waals surface area contributed by atoms with Crippen LogP contribution >= 0.6 is 12.6 Å². The molecule has 2 aliphatic rings. The summed E-state index contributed by atoms with van der Waals surface area (Å²) in [6.07, 6.45) is 0.669. The zero-order chi connectivity index (χ0) is 31.1. The smallest absolute Gasteiger partial charge is 0.410 e. The van der Waals surface area contributed by atoms with Gasteiger partial charge in [0, 0.05) is 62.7 Å². The van der Waals surface area contributed by atoms with E-state index in [1.165, 1.54) is 58.3 Å². The van der Waals surface area contributed by atoms with Crippen LogP contribution in [0.25, 0.3) is 0 Å². The molecule has 15 heteroatoms. The molecule has 230 valence electrons. The molecule has 0 saturated carbocycles. The first-order chi connectivity index (χ1) is 20.5. The number of rotatable bonds is 10. The molecule has 3 atom stereocenters. The number of likely N-dealkylation sites (tertiary alicyclic amines) is 2. The highest BCUT2D eigenvalue weighted by Gasteiger charge is 2.42. The Labute approximate surface area is 253 Å². The van der Waals surface area contributed by atoms with E-state index < -0.39 is 28.1 Å². The van der Waals surface area contributed by atoms with Crippen LogP contribution in [0, 0.1) is 26.1 Å². The van der Waals surface area contributed by atoms with Crippen molar-refractivity contribution in [1.82, 2.24) is 14.7 Å². The highest BCUT2D eigenvalue weighted by Crippen LogP contribution is 2.28. The van der Waals surface area contributed by atoms with Crippen molar-refractivity contribution in [3.63, 3.8) is 0 Å². The van der Waals surface area contributed by atoms with Gasteiger partial charge in [0.1, 0.15) is 19.3 Å². The van der Waals surface area contributed by atoms with E-state index in [0.29, 0.717) is 43.6 Å². The highest BCUT2D eigenvalue weighted by atomic mass is 32.1. The monoisotopic (exact) mass is 615 g/mol. The van der Waals surface area contributed by atoms with E-state index in [9.17, 15) is 34.6 Å². The maximum absolute atomic E-state index is 13.4. The maximum atomic E-state index is 13.4. The fourth-order valence-electron chi connectivity index (χ4n) is 5.11. The lowest BCUT2D eigenvalue weighted by Crippen LogP contribution is -2.47. The summed E-state index contributed by atoms with van der Waals surface area (Å²) in [5.74, 6) is 0.00631. The topological polar surface area (TPSA) is 166 Å². The number of hydrogen-bond donors (Lipinski definition) is 1. The minimum Gasteiger partial charge on any atom is -0.445 e. The molecule has 0 aliphatic carbocycles. The molecule has 3 amide bonds. The molecule has 0 spiro atoms. The molecule has 43 heavy (non-hydrogen) atoms. The zero-order valence-electron chi connectivity index (χ0n) is 23.6. The largest absolute Gasteiger partial charge is 0.445 e. The first kappa shape index (κ1) is 31.5. The van der Waals surface area contributed by atoms with E-state index in [1.807, 2.05) is 0 Å². The molecule has 0 N–H and O–H groups in total. The van der Waals surface area contributed by atoms with Crippen LogP contribution in [-0.2, 0) is 27.5 Å². The molecule has 0 unspecified atom stereocenters. The van der Waals surface area contributed by atoms with Crippen LogP contribution < -0.4 is 0 Å². The van der Waals surface area contributed by atoms with Crippen molar-refractivity contribution >= 4 is 42.1 Å². The number of ether oxygens (including phenoxy) is 2. The first-order valence-corrected chi connectivity index (χ1v) is 14.3. The summed E-state index contributed by atoms with van der Waals surface area (Å²) in [4.78, 5) is 63.9. The third-order valence-corrected chi connectivity index (χ3v) is 7.97. The van der Waals surface area contributed by atoms with Gasteiger partial charge in [-0.05, 0) is 60.6 Å². The van der Waals surface area contributed by atoms with Gasteiger partial charge < -0.3 is 19.3 Å². The van der Waals surface area contributed by atoms with Gasteiger partial charge in [-0.3, -0.25) is 29.9 Å². The zero-order valence-corrected chi connectivity index (χ0v) is 24.5. The quantitative estimate of drug-likeness (QED) is 0.236. The fraction of sp³-hybridized carbons (Fsp3) is 0.464. The van der Waals surface area contributed by atoms with Crippen LogP contribution in [0.15, 0.2) is 48.5 Å². The molecular formula is C28H33N5O9S. The van der Waals surface area contributed by atoms with E-state index in [0.717, 1.165) is 6.42 Å². The SMILES string of the molecule is CN(CC[C@H]1CCN(C(=O)[C@@H]2C[C@H](S)CN2C(=O)OCc2ccc([N+](=O)[O-])cc2)C1)C(=O)OCc1ccc([N+](=O)[O-])cc1. The Bertz CT molecular complexity index is 1340. The third-order valence-electron chi connectivity index (χ3n) is 7.60. The van der Waals surface area contributed by atoms with Gasteiger partial charge in [-0.15, -0.1) is 0 Å². The van der Waals surface area contributed by atoms with Crippen molar-refractivity contribution in [2.75, 3.05) is 33.2 Å². The summed E-state index contributed by atoms with van der Waals surface area (Å²) < 4.78 is 10.7. The fourth-order valence-corrected chi connectivity index (χ4v) is 5.48. The van der Waals surface area contributed by atoms with Crippen molar-refractivity contribution in [3.05, 3.63) is 79.9 Å². The summed E-state index contributed by atoms with van der Waals surface area (Å²) in [6, 6.07) is 10.8. The first-order valence-electron chi connectivity index (χ1n) is 13.8. The molecule has 2 aromatic carbocycles. The number of nitrogens with zero attached hydrogens (tertiary/aromatic N) is 5. The molecule has 0 aromatic heterocycles. The molecule has 14 nitrogen and oxygen atoms in total. The lowest BCUT2D eigenvalue weighted by atomic mass is 10.1. The van der Waals surface area contributed by atoms with Gasteiger partial charge in [-0.1, -0.05) is 0 Å². The van der Waals surface area contributed by atoms with E-state index in [1.54, 1.807) is 11.9 Å². The van der Waals surface area contributed by atoms with Crippen molar-refractivity contribution in [3.8, 4) is 0 Å². The number of non-ortho nitro benzene ring substituents is 2. The predicted molar refractivity (Wildman–Crippen MR) is 156 cm³/mol. The lowest BCUT2D eigenvalue weighted by molar-refractivity contribution is -0.385. The van der Waals surface area contributed by atoms with E-state index in [4.69, 9.17) is 9.47 Å². The number of nitro benzene ring substituents is 2. The number of amides is 3. The molecule has 2 aromatic rings. The maximum Gasteiger partial charge on any atom is 0.410 e. The number of carbonyl (C=O) groups excluding carboxylic acids is 3. The molecule has 2 fully saturated rings.